The topological polar surface area (TPSA) is 93.5 Å². The van der Waals surface area contributed by atoms with Crippen LogP contribution in [0.25, 0.3) is 0 Å². The Morgan fingerprint density at radius 1 is 1.22 bits per heavy atom. The van der Waals surface area contributed by atoms with E-state index in [2.05, 4.69) is 9.89 Å². The zero-order valence-electron chi connectivity index (χ0n) is 14.2. The van der Waals surface area contributed by atoms with Gasteiger partial charge < -0.3 is 14.6 Å². The smallest absolute Gasteiger partial charge is 0.426 e. The lowest BCUT2D eigenvalue weighted by Gasteiger charge is -2.34. The Hall–Kier alpha value is -3.11. The molecule has 2 amide bonds. The molecule has 0 fully saturated rings. The largest absolute Gasteiger partial charge is 0.464 e. The maximum Gasteiger partial charge on any atom is 0.426 e. The average molecular weight is 389 g/mol. The predicted molar refractivity (Wildman–Crippen MR) is 84.2 cm³/mol. The Bertz CT molecular complexity index is 820. The minimum Gasteiger partial charge on any atom is -0.464 e. The highest BCUT2D eigenvalue weighted by Gasteiger charge is 2.64. The molecule has 1 aromatic heterocycles. The molecule has 0 bridgehead atoms. The fraction of sp³-hybridized carbons (Fsp3) is 0.312. The van der Waals surface area contributed by atoms with Crippen LogP contribution in [0.2, 0.25) is 0 Å². The number of hydrogen-bond donors (Lipinski definition) is 2. The van der Waals surface area contributed by atoms with Gasteiger partial charge >= 0.3 is 18.2 Å². The number of aryl methyl sites for hydroxylation is 1. The molecule has 0 spiro atoms. The Morgan fingerprint density at radius 2 is 1.85 bits per heavy atom. The van der Waals surface area contributed by atoms with Crippen LogP contribution < -0.4 is 10.6 Å². The van der Waals surface area contributed by atoms with Crippen LogP contribution >= 0.6 is 0 Å². The summed E-state index contributed by atoms with van der Waals surface area (Å²) < 4.78 is 64.3. The lowest BCUT2D eigenvalue weighted by atomic mass is 9.89. The molecule has 0 saturated carbocycles. The number of amides is 2. The van der Waals surface area contributed by atoms with Gasteiger partial charge in [-0.3, -0.25) is 5.32 Å². The van der Waals surface area contributed by atoms with Crippen molar-refractivity contribution in [2.45, 2.75) is 25.6 Å². The van der Waals surface area contributed by atoms with Crippen LogP contribution in [-0.2, 0) is 15.1 Å². The van der Waals surface area contributed by atoms with E-state index in [1.807, 2.05) is 5.32 Å². The van der Waals surface area contributed by atoms with E-state index in [-0.39, 0.29) is 12.4 Å². The van der Waals surface area contributed by atoms with Gasteiger partial charge in [0.1, 0.15) is 11.6 Å². The van der Waals surface area contributed by atoms with E-state index in [0.29, 0.717) is 5.76 Å². The van der Waals surface area contributed by atoms with Gasteiger partial charge in [-0.25, -0.2) is 14.0 Å². The first-order chi connectivity index (χ1) is 12.6. The van der Waals surface area contributed by atoms with Gasteiger partial charge in [0.15, 0.2) is 5.82 Å². The number of rotatable bonds is 5. The van der Waals surface area contributed by atoms with Crippen molar-refractivity contribution in [3.63, 3.8) is 0 Å². The molecule has 1 atom stereocenters. The maximum atomic E-state index is 14.0. The Labute approximate surface area is 150 Å². The number of benzene rings is 1. The summed E-state index contributed by atoms with van der Waals surface area (Å²) in [6.07, 6.45) is -5.30. The number of hydrogen-bond acceptors (Lipinski definition) is 5. The number of nitrogens with one attached hydrogen (secondary N) is 2. The van der Waals surface area contributed by atoms with Crippen molar-refractivity contribution in [2.75, 3.05) is 11.9 Å². The second-order valence-corrected chi connectivity index (χ2v) is 5.38. The summed E-state index contributed by atoms with van der Waals surface area (Å²) in [7, 11) is 0. The molecule has 0 radical (unpaired) electrons. The number of nitrogens with zero attached hydrogens (tertiary/aromatic N) is 1. The van der Waals surface area contributed by atoms with Crippen molar-refractivity contribution >= 4 is 17.8 Å². The van der Waals surface area contributed by atoms with Crippen LogP contribution in [0, 0.1) is 12.7 Å². The minimum absolute atomic E-state index is 0.163. The highest BCUT2D eigenvalue weighted by molar-refractivity contribution is 5.95. The second-order valence-electron chi connectivity index (χ2n) is 5.38. The van der Waals surface area contributed by atoms with E-state index in [1.165, 1.54) is 19.9 Å². The fourth-order valence-electron chi connectivity index (χ4n) is 2.27. The molecule has 27 heavy (non-hydrogen) atoms. The zero-order chi connectivity index (χ0) is 20.2. The highest BCUT2D eigenvalue weighted by atomic mass is 19.4. The molecule has 1 heterocycles. The van der Waals surface area contributed by atoms with Crippen LogP contribution in [0.5, 0.6) is 0 Å². The van der Waals surface area contributed by atoms with Gasteiger partial charge in [0.2, 0.25) is 0 Å². The summed E-state index contributed by atoms with van der Waals surface area (Å²) in [5.74, 6) is -2.45. The minimum atomic E-state index is -5.30. The van der Waals surface area contributed by atoms with Gasteiger partial charge in [-0.15, -0.1) is 0 Å². The van der Waals surface area contributed by atoms with Crippen molar-refractivity contribution in [1.82, 2.24) is 10.5 Å². The molecule has 0 saturated heterocycles. The lowest BCUT2D eigenvalue weighted by molar-refractivity contribution is -0.213. The Morgan fingerprint density at radius 3 is 2.33 bits per heavy atom. The first-order valence-corrected chi connectivity index (χ1v) is 7.62. The van der Waals surface area contributed by atoms with E-state index >= 15 is 0 Å². The number of carbonyl (C=O) groups excluding carboxylic acids is 2. The normalized spacial score (nSPS) is 13.6. The van der Waals surface area contributed by atoms with Gasteiger partial charge in [-0.1, -0.05) is 17.3 Å². The predicted octanol–water partition coefficient (Wildman–Crippen LogP) is 3.26. The summed E-state index contributed by atoms with van der Waals surface area (Å²) in [5, 5.41) is 7.05. The monoisotopic (exact) mass is 389 g/mol. The number of ether oxygens (including phenoxy) is 1. The van der Waals surface area contributed by atoms with E-state index in [0.717, 1.165) is 24.3 Å². The number of halogens is 4. The van der Waals surface area contributed by atoms with Crippen molar-refractivity contribution < 1.29 is 36.4 Å². The van der Waals surface area contributed by atoms with E-state index < -0.39 is 35.1 Å². The molecule has 0 aliphatic rings. The molecule has 2 N–H and O–H groups in total. The van der Waals surface area contributed by atoms with Crippen LogP contribution in [0.1, 0.15) is 18.2 Å². The summed E-state index contributed by atoms with van der Waals surface area (Å²) in [6, 6.07) is 2.81. The lowest BCUT2D eigenvalue weighted by Crippen LogP contribution is -2.62. The molecular weight excluding hydrogens is 374 g/mol. The Balaban J connectivity index is 2.47. The molecule has 7 nitrogen and oxygen atoms in total. The zero-order valence-corrected chi connectivity index (χ0v) is 14.2. The molecule has 2 aromatic rings. The van der Waals surface area contributed by atoms with Gasteiger partial charge in [0.05, 0.1) is 6.61 Å². The Kier molecular flexibility index (Phi) is 5.72. The van der Waals surface area contributed by atoms with E-state index in [9.17, 15) is 27.2 Å². The molecular formula is C16H15F4N3O4. The summed E-state index contributed by atoms with van der Waals surface area (Å²) in [4.78, 5) is 24.4. The standard InChI is InChI=1S/C16H15F4N3O4/c1-3-26-13(24)15(16(18,19)20,10-4-6-11(17)7-5-10)22-14(25)21-12-8-9(2)27-23-12/h4-8H,3H2,1-2H3,(H2,21,22,23,25). The molecule has 0 aliphatic carbocycles. The van der Waals surface area contributed by atoms with Gasteiger partial charge in [0, 0.05) is 6.07 Å². The van der Waals surface area contributed by atoms with Crippen LogP contribution in [0.3, 0.4) is 0 Å². The molecule has 146 valence electrons. The van der Waals surface area contributed by atoms with Crippen LogP contribution in [0.4, 0.5) is 28.2 Å². The number of alkyl halides is 3. The number of aromatic nitrogens is 1. The van der Waals surface area contributed by atoms with Crippen molar-refractivity contribution in [3.05, 3.63) is 47.5 Å². The van der Waals surface area contributed by atoms with Crippen molar-refractivity contribution in [3.8, 4) is 0 Å². The quantitative estimate of drug-likeness (QED) is 0.605. The van der Waals surface area contributed by atoms with Crippen LogP contribution in [0.15, 0.2) is 34.9 Å². The number of anilines is 1. The molecule has 2 rings (SSSR count). The number of urea groups is 1. The van der Waals surface area contributed by atoms with Gasteiger partial charge in [-0.2, -0.15) is 13.2 Å². The molecule has 11 heteroatoms. The van der Waals surface area contributed by atoms with Gasteiger partial charge in [0.25, 0.3) is 5.54 Å². The highest BCUT2D eigenvalue weighted by Crippen LogP contribution is 2.40. The molecule has 1 aromatic carbocycles. The molecule has 0 aliphatic heterocycles. The summed E-state index contributed by atoms with van der Waals surface area (Å²) in [6.45, 7) is 2.44. The maximum absolute atomic E-state index is 14.0. The van der Waals surface area contributed by atoms with E-state index in [4.69, 9.17) is 4.52 Å². The second kappa shape index (κ2) is 7.64. The fourth-order valence-corrected chi connectivity index (χ4v) is 2.27. The molecule has 1 unspecified atom stereocenters. The van der Waals surface area contributed by atoms with E-state index in [1.54, 1.807) is 5.32 Å². The van der Waals surface area contributed by atoms with Crippen LogP contribution in [-0.4, -0.2) is 29.9 Å². The third kappa shape index (κ3) is 4.18. The SMILES string of the molecule is CCOC(=O)C(NC(=O)Nc1cc(C)on1)(c1ccc(F)cc1)C(F)(F)F. The van der Waals surface area contributed by atoms with Crippen molar-refractivity contribution in [1.29, 1.82) is 0 Å². The third-order valence-electron chi connectivity index (χ3n) is 3.45. The van der Waals surface area contributed by atoms with Gasteiger partial charge in [-0.05, 0) is 31.5 Å². The first-order valence-electron chi connectivity index (χ1n) is 7.62. The first kappa shape index (κ1) is 20.2. The number of esters is 1. The third-order valence-corrected chi connectivity index (χ3v) is 3.45. The summed E-state index contributed by atoms with van der Waals surface area (Å²) in [5.41, 5.74) is -4.28. The summed E-state index contributed by atoms with van der Waals surface area (Å²) >= 11 is 0. The van der Waals surface area contributed by atoms with Crippen molar-refractivity contribution in [2.24, 2.45) is 0 Å². The number of carbonyl (C=O) groups is 2. The average Bonchev–Trinajstić information content (AvgIpc) is 2.97.